The van der Waals surface area contributed by atoms with Gasteiger partial charge in [0.2, 0.25) is 0 Å². The molecule has 149 heavy (non-hydrogen) atoms. The molecule has 9 aliphatic rings. The Balaban J connectivity index is 0.000000840. The molecule has 0 bridgehead atoms. The van der Waals surface area contributed by atoms with Gasteiger partial charge in [-0.3, -0.25) is 49.0 Å². The second-order valence-electron chi connectivity index (χ2n) is 65.7. The van der Waals surface area contributed by atoms with Crippen molar-refractivity contribution in [1.82, 2.24) is 79.2 Å². The Kier molecular flexibility index (Phi) is 63.7. The molecule has 0 aromatic rings. The summed E-state index contributed by atoms with van der Waals surface area (Å²) in [6.07, 6.45) is 13.6. The molecule has 0 saturated carbocycles. The number of piperidine rings is 4. The lowest BCUT2D eigenvalue weighted by atomic mass is 9.75. The molecule has 2 N–H and O–H groups in total. The van der Waals surface area contributed by atoms with Crippen molar-refractivity contribution in [3.05, 3.63) is 0 Å². The number of hydrogen-bond donors (Lipinski definition) is 2. The van der Waals surface area contributed by atoms with Crippen molar-refractivity contribution in [2.45, 2.75) is 499 Å². The van der Waals surface area contributed by atoms with E-state index in [1.165, 1.54) is 247 Å². The first-order valence-electron chi connectivity index (χ1n) is 61.5. The van der Waals surface area contributed by atoms with Gasteiger partial charge in [-0.05, 0) is 420 Å². The van der Waals surface area contributed by atoms with Crippen molar-refractivity contribution in [2.24, 2.45) is 61.6 Å². The van der Waals surface area contributed by atoms with Gasteiger partial charge in [0.05, 0.1) is 49.8 Å². The third-order valence-corrected chi connectivity index (χ3v) is 32.1. The van der Waals surface area contributed by atoms with Gasteiger partial charge in [0.25, 0.3) is 0 Å². The molecule has 0 radical (unpaired) electrons. The first-order valence-corrected chi connectivity index (χ1v) is 61.5. The van der Waals surface area contributed by atoms with Gasteiger partial charge >= 0.3 is 0 Å². The van der Waals surface area contributed by atoms with Gasteiger partial charge in [-0.25, -0.2) is 0 Å². The average Bonchev–Trinajstić information content (AvgIpc) is 0.825. The minimum absolute atomic E-state index is 0.00370. The fourth-order valence-corrected chi connectivity index (χ4v) is 20.9. The molecule has 0 atom stereocenters. The van der Waals surface area contributed by atoms with Gasteiger partial charge in [0, 0.05) is 228 Å². The van der Waals surface area contributed by atoms with E-state index in [4.69, 9.17) is 18.9 Å². The summed E-state index contributed by atoms with van der Waals surface area (Å²) in [5, 5.41) is 7.12. The number of rotatable bonds is 23. The molecule has 0 unspecified atom stereocenters. The molecule has 20 nitrogen and oxygen atoms in total. The Morgan fingerprint density at radius 3 is 0.544 bits per heavy atom. The minimum atomic E-state index is -0.0216. The highest BCUT2D eigenvalue weighted by molar-refractivity contribution is 4.93. The molecule has 0 aliphatic carbocycles. The Hall–Kier alpha value is -0.800. The Morgan fingerprint density at radius 2 is 0.349 bits per heavy atom. The second-order valence-corrected chi connectivity index (χ2v) is 65.7. The number of nitrogens with zero attached hydrogens (tertiary/aromatic N) is 14. The van der Waals surface area contributed by atoms with Crippen LogP contribution in [0.4, 0.5) is 0 Å². The predicted molar refractivity (Wildman–Crippen MR) is 659 cm³/mol. The first-order chi connectivity index (χ1) is 67.2. The van der Waals surface area contributed by atoms with Crippen LogP contribution in [0, 0.1) is 61.6 Å². The number of piperazine rings is 5. The molecule has 894 valence electrons. The molecular weight excluding hydrogens is 1840 g/mol. The van der Waals surface area contributed by atoms with E-state index in [0.717, 1.165) is 122 Å². The van der Waals surface area contributed by atoms with Gasteiger partial charge in [0.15, 0.2) is 0 Å². The maximum absolute atomic E-state index is 5.79. The molecule has 9 saturated heterocycles. The summed E-state index contributed by atoms with van der Waals surface area (Å²) in [6, 6.07) is 0. The van der Waals surface area contributed by atoms with E-state index in [0.29, 0.717) is 65.7 Å². The normalized spacial score (nSPS) is 21.1. The van der Waals surface area contributed by atoms with Crippen molar-refractivity contribution in [1.29, 1.82) is 0 Å². The molecule has 9 rings (SSSR count). The summed E-state index contributed by atoms with van der Waals surface area (Å²) in [7, 11) is 0. The maximum atomic E-state index is 5.79. The van der Waals surface area contributed by atoms with Crippen molar-refractivity contribution in [3.8, 4) is 0 Å². The molecule has 9 fully saturated rings. The van der Waals surface area contributed by atoms with Gasteiger partial charge in [-0.1, -0.05) is 145 Å². The highest BCUT2D eigenvalue weighted by Crippen LogP contribution is 2.40. The largest absolute Gasteiger partial charge is 0.380 e. The van der Waals surface area contributed by atoms with Crippen molar-refractivity contribution < 1.29 is 18.9 Å². The van der Waals surface area contributed by atoms with Crippen LogP contribution < -0.4 is 10.6 Å². The van der Waals surface area contributed by atoms with Crippen LogP contribution in [0.1, 0.15) is 438 Å². The standard InChI is InChI=1S/C17H36N2O2.C15H32N2.C15H31NO.C15H31N.C14H31N3.C14H30N2O.C14H30N2.C13H27N.C12H26N2/c1-16(2,3)15-20-13-11-18-7-9-19(10-8-18)12-14-21-17(4,5)6;1-14(2,3)13-7-10-17(11-8-13)12-9-16-15(4,5)6;1-14(2,3)13-7-9-16(10-8-13)11-12-17-15(4,5)6;1-14(2,3)9-12-16-10-7-13(8-11-16)15(4,5)6;1-13(2,3)15-7-8-16-9-11-17(12-10-16)14(4,5)6;1-13(2,3)16-9-7-15(8-10-16)11-12-17-14(4,5)6;1-13(2,3)7-8-15-9-11-16(12-10-15)14(4,5)6;1-12(2,3)11-7-9-14(10-8-11)13(4,5)6;1-11(2,3)13-7-9-14(10-8-13)12(4,5)6/h7-15H2,1-6H3;13,16H,7-12H2,1-6H3;13H,7-12H2,1-6H3;13H,7-12H2,1-6H3;15H,7-12H2,1-6H3;7-12H2,1-6H3;7-12H2,1-6H3;11H,7-10H2,1-6H3;7-10H2,1-6H3. The molecule has 0 aromatic carbocycles. The maximum Gasteiger partial charge on any atom is 0.0600 e. The molecule has 9 aliphatic heterocycles. The van der Waals surface area contributed by atoms with Crippen molar-refractivity contribution in [2.75, 3.05) is 282 Å². The van der Waals surface area contributed by atoms with Gasteiger partial charge in [-0.15, -0.1) is 0 Å². The third kappa shape index (κ3) is 74.4. The zero-order valence-corrected chi connectivity index (χ0v) is 112. The van der Waals surface area contributed by atoms with Crippen molar-refractivity contribution in [3.63, 3.8) is 0 Å². The fourth-order valence-electron chi connectivity index (χ4n) is 20.9. The summed E-state index contributed by atoms with van der Waals surface area (Å²) in [6.45, 7) is 173. The highest BCUT2D eigenvalue weighted by Gasteiger charge is 2.38. The van der Waals surface area contributed by atoms with E-state index in [2.05, 4.69) is 453 Å². The number of hydrogen-bond acceptors (Lipinski definition) is 20. The molecular formula is C129H274N16O4. The summed E-state index contributed by atoms with van der Waals surface area (Å²) >= 11 is 0. The first kappa shape index (κ1) is 146. The third-order valence-electron chi connectivity index (χ3n) is 32.1. The summed E-state index contributed by atoms with van der Waals surface area (Å²) < 4.78 is 23.1. The lowest BCUT2D eigenvalue weighted by molar-refractivity contribution is -0.0220. The fraction of sp³-hybridized carbons (Fsp3) is 1.00. The van der Waals surface area contributed by atoms with Gasteiger partial charge in [0.1, 0.15) is 0 Å². The highest BCUT2D eigenvalue weighted by atomic mass is 16.5. The summed E-state index contributed by atoms with van der Waals surface area (Å²) in [5.74, 6) is 3.65. The zero-order chi connectivity index (χ0) is 115. The summed E-state index contributed by atoms with van der Waals surface area (Å²) in [5.41, 5.74) is 5.72. The van der Waals surface area contributed by atoms with Crippen LogP contribution in [-0.2, 0) is 18.9 Å². The Bertz CT molecular complexity index is 2950. The van der Waals surface area contributed by atoms with Crippen LogP contribution in [0.25, 0.3) is 0 Å². The lowest BCUT2D eigenvalue weighted by Gasteiger charge is -2.46. The molecule has 9 heterocycles. The van der Waals surface area contributed by atoms with Crippen molar-refractivity contribution >= 4 is 0 Å². The van der Waals surface area contributed by atoms with E-state index in [1.807, 2.05) is 0 Å². The average molecular weight is 2110 g/mol. The van der Waals surface area contributed by atoms with E-state index < -0.39 is 0 Å². The molecule has 0 spiro atoms. The smallest absolute Gasteiger partial charge is 0.0600 e. The van der Waals surface area contributed by atoms with Gasteiger partial charge in [-0.2, -0.15) is 0 Å². The monoisotopic (exact) mass is 2110 g/mol. The molecule has 20 heteroatoms. The zero-order valence-electron chi connectivity index (χ0n) is 112. The van der Waals surface area contributed by atoms with E-state index in [-0.39, 0.29) is 33.3 Å². The SMILES string of the molecule is CC(C)(C)C1CCN(C(C)(C)C)CC1.CC(C)(C)CCN1CCC(C(C)(C)C)CC1.CC(C)(C)CCN1CCN(C(C)(C)C)CC1.CC(C)(C)COCCN1CCN(CCOC(C)(C)C)CC1.CC(C)(C)N1CCN(C(C)(C)C)CC1.CC(C)(C)NCCN1CCC(C(C)(C)C)CC1.CC(C)(C)NCCN1CCN(C(C)(C)C)CC1.CC(C)(C)OCCN1CCC(C(C)(C)C)CC1.CC(C)(C)OCCN1CCN(C(C)(C)C)CC1. The van der Waals surface area contributed by atoms with Crippen LogP contribution in [0.15, 0.2) is 0 Å². The lowest BCUT2D eigenvalue weighted by Crippen LogP contribution is -2.57. The molecule has 0 amide bonds. The number of likely N-dealkylation sites (tertiary alicyclic amines) is 4. The second kappa shape index (κ2) is 64.9. The topological polar surface area (TPSA) is 106 Å². The van der Waals surface area contributed by atoms with Crippen LogP contribution in [0.3, 0.4) is 0 Å². The van der Waals surface area contributed by atoms with E-state index in [1.54, 1.807) is 0 Å². The van der Waals surface area contributed by atoms with Crippen LogP contribution in [0.5, 0.6) is 0 Å². The van der Waals surface area contributed by atoms with E-state index >= 15 is 0 Å². The quantitative estimate of drug-likeness (QED) is 0.0947. The Labute approximate surface area is 935 Å². The summed E-state index contributed by atoms with van der Waals surface area (Å²) in [4.78, 5) is 36.0. The Morgan fingerprint density at radius 1 is 0.181 bits per heavy atom. The molecule has 0 aromatic heterocycles. The number of ether oxygens (including phenoxy) is 4. The van der Waals surface area contributed by atoms with Gasteiger partial charge < -0.3 is 49.2 Å². The van der Waals surface area contributed by atoms with E-state index in [9.17, 15) is 0 Å². The number of nitrogens with one attached hydrogen (secondary N) is 2. The predicted octanol–water partition coefficient (Wildman–Crippen LogP) is 25.9. The van der Waals surface area contributed by atoms with Crippen LogP contribution >= 0.6 is 0 Å². The van der Waals surface area contributed by atoms with Crippen LogP contribution in [0.2, 0.25) is 0 Å². The van der Waals surface area contributed by atoms with Crippen LogP contribution in [-0.4, -0.2) is 411 Å². The minimum Gasteiger partial charge on any atom is -0.380 e.